The number of phenolic OH excluding ortho intramolecular Hbond substituents is 1. The minimum absolute atomic E-state index is 0.0272. The normalized spacial score (nSPS) is 12.3. The third-order valence-corrected chi connectivity index (χ3v) is 4.29. The molecule has 2 aromatic rings. The first-order valence-electron chi connectivity index (χ1n) is 7.31. The molecule has 0 amide bonds. The number of rotatable bonds is 6. The lowest BCUT2D eigenvalue weighted by atomic mass is 10.2. The molecule has 0 saturated carbocycles. The van der Waals surface area contributed by atoms with Gasteiger partial charge in [0.05, 0.1) is 18.2 Å². The molecule has 0 bridgehead atoms. The molecule has 0 aliphatic rings. The molecule has 0 aliphatic carbocycles. The summed E-state index contributed by atoms with van der Waals surface area (Å²) in [6.45, 7) is 1.83. The lowest BCUT2D eigenvalue weighted by molar-refractivity contribution is 0.266. The van der Waals surface area contributed by atoms with Crippen LogP contribution >= 0.6 is 0 Å². The van der Waals surface area contributed by atoms with Crippen molar-refractivity contribution in [1.29, 1.82) is 0 Å². The van der Waals surface area contributed by atoms with Gasteiger partial charge >= 0.3 is 10.1 Å². The van der Waals surface area contributed by atoms with E-state index in [2.05, 4.69) is 14.5 Å². The molecule has 4 N–H and O–H groups in total. The number of aryl methyl sites for hydroxylation is 1. The summed E-state index contributed by atoms with van der Waals surface area (Å²) in [5.74, 6) is -0.102. The summed E-state index contributed by atoms with van der Waals surface area (Å²) in [6.07, 6.45) is 1.31. The molecule has 0 heterocycles. The number of methoxy groups -OCH3 is 1. The molecule has 0 fully saturated rings. The number of phenols is 1. The maximum absolute atomic E-state index is 12.0. The van der Waals surface area contributed by atoms with Gasteiger partial charge in [-0.15, -0.1) is 9.39 Å². The molecule has 138 valence electrons. The fourth-order valence-electron chi connectivity index (χ4n) is 1.82. The van der Waals surface area contributed by atoms with Crippen LogP contribution in [0.2, 0.25) is 0 Å². The van der Waals surface area contributed by atoms with Crippen LogP contribution in [0.4, 0.5) is 0 Å². The van der Waals surface area contributed by atoms with Crippen LogP contribution < -0.4 is 16.0 Å². The van der Waals surface area contributed by atoms with Gasteiger partial charge in [-0.1, -0.05) is 17.7 Å². The van der Waals surface area contributed by atoms with Crippen LogP contribution in [-0.2, 0) is 14.4 Å². The molecule has 0 radical (unpaired) electrons. The van der Waals surface area contributed by atoms with E-state index in [0.717, 1.165) is 5.56 Å². The lowest BCUT2D eigenvalue weighted by Crippen LogP contribution is -2.33. The Morgan fingerprint density at radius 2 is 1.92 bits per heavy atom. The Morgan fingerprint density at radius 1 is 1.23 bits per heavy atom. The Labute approximate surface area is 150 Å². The summed E-state index contributed by atoms with van der Waals surface area (Å²) in [5.41, 5.74) is 8.95. The van der Waals surface area contributed by atoms with Crippen LogP contribution in [0.5, 0.6) is 11.5 Å². The Kier molecular flexibility index (Phi) is 6.15. The molecule has 26 heavy (non-hydrogen) atoms. The van der Waals surface area contributed by atoms with Crippen molar-refractivity contribution in [3.63, 3.8) is 0 Å². The summed E-state index contributed by atoms with van der Waals surface area (Å²) in [5, 5.41) is 16.9. The van der Waals surface area contributed by atoms with E-state index in [-0.39, 0.29) is 16.6 Å². The highest BCUT2D eigenvalue weighted by Crippen LogP contribution is 2.25. The van der Waals surface area contributed by atoms with Crippen molar-refractivity contribution in [2.45, 2.75) is 11.8 Å². The molecule has 0 spiro atoms. The highest BCUT2D eigenvalue weighted by molar-refractivity contribution is 7.86. The van der Waals surface area contributed by atoms with Crippen LogP contribution in [0.1, 0.15) is 11.1 Å². The topological polar surface area (TPSA) is 136 Å². The number of ether oxygens (including phenoxy) is 1. The molecule has 0 aliphatic heterocycles. The standard InChI is InChI=1S/C16H18N4O5S/c1-11-3-6-13(7-4-11)26(22,23)25-20-16(17)19-18-10-12-5-8-15(24-2)14(21)9-12/h3-10,21H,1-2H3,(H3,17,19,20). The van der Waals surface area contributed by atoms with Crippen molar-refractivity contribution < 1.29 is 22.5 Å². The van der Waals surface area contributed by atoms with Gasteiger partial charge in [0.25, 0.3) is 0 Å². The highest BCUT2D eigenvalue weighted by Gasteiger charge is 2.15. The zero-order valence-corrected chi connectivity index (χ0v) is 14.9. The largest absolute Gasteiger partial charge is 0.504 e. The number of guanidine groups is 1. The van der Waals surface area contributed by atoms with Gasteiger partial charge in [0.15, 0.2) is 11.5 Å². The van der Waals surface area contributed by atoms with Gasteiger partial charge in [0.1, 0.15) is 0 Å². The van der Waals surface area contributed by atoms with Gasteiger partial charge in [-0.05, 0) is 42.8 Å². The molecule has 2 aromatic carbocycles. The number of hydroxylamine groups is 1. The quantitative estimate of drug-likeness (QED) is 0.391. The molecule has 0 saturated heterocycles. The third-order valence-electron chi connectivity index (χ3n) is 3.14. The second kappa shape index (κ2) is 8.32. The van der Waals surface area contributed by atoms with E-state index in [1.807, 2.05) is 12.4 Å². The molecular formula is C16H18N4O5S. The van der Waals surface area contributed by atoms with Gasteiger partial charge in [-0.2, -0.15) is 13.5 Å². The van der Waals surface area contributed by atoms with Gasteiger partial charge in [0, 0.05) is 0 Å². The molecular weight excluding hydrogens is 360 g/mol. The number of nitrogens with two attached hydrogens (primary N) is 1. The van der Waals surface area contributed by atoms with Crippen molar-refractivity contribution in [1.82, 2.24) is 5.48 Å². The monoisotopic (exact) mass is 378 g/mol. The molecule has 2 rings (SSSR count). The second-order valence-electron chi connectivity index (χ2n) is 5.11. The molecule has 0 atom stereocenters. The Balaban J connectivity index is 1.97. The summed E-state index contributed by atoms with van der Waals surface area (Å²) in [6, 6.07) is 10.7. The van der Waals surface area contributed by atoms with Crippen molar-refractivity contribution in [3.8, 4) is 11.5 Å². The number of benzene rings is 2. The lowest BCUT2D eigenvalue weighted by Gasteiger charge is -2.06. The van der Waals surface area contributed by atoms with Crippen LogP contribution in [0.15, 0.2) is 57.6 Å². The number of hydrogen-bond acceptors (Lipinski definition) is 7. The van der Waals surface area contributed by atoms with E-state index in [1.165, 1.54) is 31.5 Å². The van der Waals surface area contributed by atoms with E-state index in [0.29, 0.717) is 11.3 Å². The number of aromatic hydroxyl groups is 1. The van der Waals surface area contributed by atoms with E-state index in [9.17, 15) is 13.5 Å². The van der Waals surface area contributed by atoms with Crippen LogP contribution in [-0.4, -0.2) is 32.8 Å². The zero-order valence-electron chi connectivity index (χ0n) is 14.1. The van der Waals surface area contributed by atoms with E-state index < -0.39 is 10.1 Å². The number of hydrogen-bond donors (Lipinski definition) is 3. The molecule has 9 nitrogen and oxygen atoms in total. The minimum atomic E-state index is -4.03. The molecule has 10 heteroatoms. The SMILES string of the molecule is COc1ccc(C=NN=C(N)NOS(=O)(=O)c2ccc(C)cc2)cc1O. The summed E-state index contributed by atoms with van der Waals surface area (Å²) in [4.78, 5) is -0.0272. The Morgan fingerprint density at radius 3 is 2.54 bits per heavy atom. The predicted octanol–water partition coefficient (Wildman–Crippen LogP) is 1.27. The first-order valence-corrected chi connectivity index (χ1v) is 8.72. The zero-order chi connectivity index (χ0) is 19.2. The number of nitrogens with one attached hydrogen (secondary N) is 1. The van der Waals surface area contributed by atoms with Gasteiger partial charge in [0.2, 0.25) is 5.96 Å². The highest BCUT2D eigenvalue weighted by atomic mass is 32.2. The molecule has 0 aromatic heterocycles. The summed E-state index contributed by atoms with van der Waals surface area (Å²) in [7, 11) is -2.60. The Hall–Kier alpha value is -3.11. The smallest absolute Gasteiger partial charge is 0.317 e. The second-order valence-corrected chi connectivity index (χ2v) is 6.66. The first-order chi connectivity index (χ1) is 12.3. The van der Waals surface area contributed by atoms with Crippen LogP contribution in [0, 0.1) is 6.92 Å². The number of nitrogens with zero attached hydrogens (tertiary/aromatic N) is 2. The van der Waals surface area contributed by atoms with Crippen molar-refractivity contribution >= 4 is 22.3 Å². The fraction of sp³-hybridized carbons (Fsp3) is 0.125. The van der Waals surface area contributed by atoms with Crippen LogP contribution in [0.3, 0.4) is 0 Å². The fourth-order valence-corrected chi connectivity index (χ4v) is 2.58. The van der Waals surface area contributed by atoms with Crippen molar-refractivity contribution in [2.75, 3.05) is 7.11 Å². The van der Waals surface area contributed by atoms with Crippen LogP contribution in [0.25, 0.3) is 0 Å². The first kappa shape index (κ1) is 19.2. The van der Waals surface area contributed by atoms with Crippen molar-refractivity contribution in [3.05, 3.63) is 53.6 Å². The van der Waals surface area contributed by atoms with E-state index in [4.69, 9.17) is 10.5 Å². The average Bonchev–Trinajstić information content (AvgIpc) is 2.61. The van der Waals surface area contributed by atoms with Gasteiger partial charge < -0.3 is 15.6 Å². The third kappa shape index (κ3) is 5.19. The van der Waals surface area contributed by atoms with Gasteiger partial charge in [-0.25, -0.2) is 5.48 Å². The van der Waals surface area contributed by atoms with Crippen molar-refractivity contribution in [2.24, 2.45) is 15.9 Å². The molecule has 0 unspecified atom stereocenters. The van der Waals surface area contributed by atoms with E-state index >= 15 is 0 Å². The van der Waals surface area contributed by atoms with E-state index in [1.54, 1.807) is 24.3 Å². The average molecular weight is 378 g/mol. The Bertz CT molecular complexity index is 924. The minimum Gasteiger partial charge on any atom is -0.504 e. The maximum Gasteiger partial charge on any atom is 0.317 e. The summed E-state index contributed by atoms with van der Waals surface area (Å²) < 4.78 is 33.5. The summed E-state index contributed by atoms with van der Waals surface area (Å²) >= 11 is 0. The predicted molar refractivity (Wildman–Crippen MR) is 96.5 cm³/mol. The van der Waals surface area contributed by atoms with Gasteiger partial charge in [-0.3, -0.25) is 0 Å². The maximum atomic E-state index is 12.0.